The second kappa shape index (κ2) is 6.33. The maximum atomic E-state index is 11.9. The molecule has 0 N–H and O–H groups in total. The molecule has 0 bridgehead atoms. The van der Waals surface area contributed by atoms with Gasteiger partial charge in [0.05, 0.1) is 24.5 Å². The number of hydrogen-bond donors (Lipinski definition) is 0. The Morgan fingerprint density at radius 1 is 1.33 bits per heavy atom. The number of benzene rings is 1. The van der Waals surface area contributed by atoms with Gasteiger partial charge in [0, 0.05) is 4.47 Å². The maximum absolute atomic E-state index is 11.9. The van der Waals surface area contributed by atoms with Gasteiger partial charge < -0.3 is 4.74 Å². The van der Waals surface area contributed by atoms with Crippen molar-refractivity contribution in [3.8, 4) is 0 Å². The third-order valence-electron chi connectivity index (χ3n) is 2.41. The van der Waals surface area contributed by atoms with Gasteiger partial charge in [0.2, 0.25) is 0 Å². The van der Waals surface area contributed by atoms with Crippen LogP contribution >= 0.6 is 15.9 Å². The van der Waals surface area contributed by atoms with E-state index in [1.54, 1.807) is 31.2 Å². The number of methoxy groups -OCH3 is 1. The van der Waals surface area contributed by atoms with Crippen LogP contribution in [0.1, 0.15) is 12.5 Å². The third kappa shape index (κ3) is 4.78. The van der Waals surface area contributed by atoms with Gasteiger partial charge >= 0.3 is 5.97 Å². The Balaban J connectivity index is 2.70. The van der Waals surface area contributed by atoms with E-state index >= 15 is 0 Å². The molecule has 4 nitrogen and oxygen atoms in total. The molecule has 1 rings (SSSR count). The standard InChI is InChI=1S/C12H15BrO4S/c1-9(12(14)17-2)7-18(15,16)8-10-3-5-11(13)6-4-10/h3-6,9H,7-8H2,1-2H3. The van der Waals surface area contributed by atoms with Crippen molar-refractivity contribution in [1.82, 2.24) is 0 Å². The van der Waals surface area contributed by atoms with Crippen molar-refractivity contribution in [3.05, 3.63) is 34.3 Å². The van der Waals surface area contributed by atoms with Crippen LogP contribution in [-0.4, -0.2) is 27.2 Å². The van der Waals surface area contributed by atoms with Gasteiger partial charge in [-0.1, -0.05) is 35.0 Å². The van der Waals surface area contributed by atoms with Crippen LogP contribution in [0.2, 0.25) is 0 Å². The zero-order valence-electron chi connectivity index (χ0n) is 10.2. The fraction of sp³-hybridized carbons (Fsp3) is 0.417. The summed E-state index contributed by atoms with van der Waals surface area (Å²) in [6, 6.07) is 7.05. The van der Waals surface area contributed by atoms with Gasteiger partial charge in [0.1, 0.15) is 0 Å². The van der Waals surface area contributed by atoms with Gasteiger partial charge in [0.25, 0.3) is 0 Å². The van der Waals surface area contributed by atoms with Gasteiger partial charge in [-0.2, -0.15) is 0 Å². The smallest absolute Gasteiger partial charge is 0.309 e. The number of carbonyl (C=O) groups is 1. The minimum Gasteiger partial charge on any atom is -0.469 e. The zero-order chi connectivity index (χ0) is 13.8. The summed E-state index contributed by atoms with van der Waals surface area (Å²) in [7, 11) is -2.07. The van der Waals surface area contributed by atoms with Crippen LogP contribution < -0.4 is 0 Å². The second-order valence-corrected chi connectivity index (χ2v) is 7.13. The van der Waals surface area contributed by atoms with E-state index in [2.05, 4.69) is 20.7 Å². The molecule has 1 atom stereocenters. The lowest BCUT2D eigenvalue weighted by Gasteiger charge is -2.10. The van der Waals surface area contributed by atoms with E-state index in [1.807, 2.05) is 0 Å². The van der Waals surface area contributed by atoms with E-state index < -0.39 is 21.7 Å². The van der Waals surface area contributed by atoms with E-state index in [1.165, 1.54) is 7.11 Å². The first-order valence-electron chi connectivity index (χ1n) is 5.37. The minimum absolute atomic E-state index is 0.0678. The molecule has 0 fully saturated rings. The van der Waals surface area contributed by atoms with Crippen LogP contribution in [0.4, 0.5) is 0 Å². The number of ether oxygens (including phenoxy) is 1. The number of sulfone groups is 1. The molecule has 1 unspecified atom stereocenters. The largest absolute Gasteiger partial charge is 0.469 e. The van der Waals surface area contributed by atoms with Crippen molar-refractivity contribution in [2.45, 2.75) is 12.7 Å². The highest BCUT2D eigenvalue weighted by Crippen LogP contribution is 2.14. The molecule has 100 valence electrons. The number of hydrogen-bond acceptors (Lipinski definition) is 4. The van der Waals surface area contributed by atoms with Gasteiger partial charge in [0.15, 0.2) is 9.84 Å². The highest BCUT2D eigenvalue weighted by molar-refractivity contribution is 9.10. The maximum Gasteiger partial charge on any atom is 0.309 e. The monoisotopic (exact) mass is 334 g/mol. The van der Waals surface area contributed by atoms with Crippen molar-refractivity contribution in [1.29, 1.82) is 0 Å². The average molecular weight is 335 g/mol. The highest BCUT2D eigenvalue weighted by atomic mass is 79.9. The SMILES string of the molecule is COC(=O)C(C)CS(=O)(=O)Cc1ccc(Br)cc1. The van der Waals surface area contributed by atoms with Crippen molar-refractivity contribution in [2.24, 2.45) is 5.92 Å². The lowest BCUT2D eigenvalue weighted by Crippen LogP contribution is -2.23. The van der Waals surface area contributed by atoms with Gasteiger partial charge in [-0.3, -0.25) is 4.79 Å². The molecule has 0 saturated heterocycles. The fourth-order valence-electron chi connectivity index (χ4n) is 1.54. The lowest BCUT2D eigenvalue weighted by atomic mass is 10.2. The summed E-state index contributed by atoms with van der Waals surface area (Å²) in [6.07, 6.45) is 0. The topological polar surface area (TPSA) is 60.4 Å². The normalized spacial score (nSPS) is 13.1. The molecule has 0 aliphatic carbocycles. The molecule has 0 spiro atoms. The van der Waals surface area contributed by atoms with Gasteiger partial charge in [-0.25, -0.2) is 8.42 Å². The summed E-state index contributed by atoms with van der Waals surface area (Å²) in [4.78, 5) is 11.2. The molecule has 0 heterocycles. The Morgan fingerprint density at radius 3 is 2.39 bits per heavy atom. The Morgan fingerprint density at radius 2 is 1.89 bits per heavy atom. The van der Waals surface area contributed by atoms with Crippen LogP contribution in [-0.2, 0) is 25.1 Å². The first-order chi connectivity index (χ1) is 8.34. The summed E-state index contributed by atoms with van der Waals surface area (Å²) in [6.45, 7) is 1.55. The molecule has 0 radical (unpaired) electrons. The molecule has 0 amide bonds. The summed E-state index contributed by atoms with van der Waals surface area (Å²) >= 11 is 3.28. The Bertz CT molecular complexity index is 507. The van der Waals surface area contributed by atoms with Gasteiger partial charge in [-0.05, 0) is 17.7 Å². The zero-order valence-corrected chi connectivity index (χ0v) is 12.6. The van der Waals surface area contributed by atoms with Crippen molar-refractivity contribution >= 4 is 31.7 Å². The van der Waals surface area contributed by atoms with E-state index in [0.29, 0.717) is 5.56 Å². The molecular formula is C12H15BrO4S. The van der Waals surface area contributed by atoms with Crippen LogP contribution in [0.5, 0.6) is 0 Å². The van der Waals surface area contributed by atoms with Crippen LogP contribution in [0, 0.1) is 5.92 Å². The molecular weight excluding hydrogens is 320 g/mol. The predicted octanol–water partition coefficient (Wildman–Crippen LogP) is 2.17. The molecule has 0 aromatic heterocycles. The number of rotatable bonds is 5. The first kappa shape index (κ1) is 15.2. The molecule has 1 aromatic carbocycles. The van der Waals surface area contributed by atoms with E-state index in [0.717, 1.165) is 4.47 Å². The van der Waals surface area contributed by atoms with Crippen molar-refractivity contribution in [2.75, 3.05) is 12.9 Å². The highest BCUT2D eigenvalue weighted by Gasteiger charge is 2.22. The summed E-state index contributed by atoms with van der Waals surface area (Å²) in [5.41, 5.74) is 0.704. The van der Waals surface area contributed by atoms with E-state index in [4.69, 9.17) is 0 Å². The molecule has 18 heavy (non-hydrogen) atoms. The number of carbonyl (C=O) groups excluding carboxylic acids is 1. The predicted molar refractivity (Wildman–Crippen MR) is 72.8 cm³/mol. The number of halogens is 1. The van der Waals surface area contributed by atoms with Crippen LogP contribution in [0.25, 0.3) is 0 Å². The molecule has 1 aromatic rings. The molecule has 6 heteroatoms. The van der Waals surface area contributed by atoms with E-state index in [9.17, 15) is 13.2 Å². The Labute approximate surface area is 115 Å². The summed E-state index contributed by atoms with van der Waals surface area (Å²) in [5.74, 6) is -1.41. The first-order valence-corrected chi connectivity index (χ1v) is 7.98. The van der Waals surface area contributed by atoms with Gasteiger partial charge in [-0.15, -0.1) is 0 Å². The van der Waals surface area contributed by atoms with Crippen molar-refractivity contribution in [3.63, 3.8) is 0 Å². The van der Waals surface area contributed by atoms with Crippen LogP contribution in [0.15, 0.2) is 28.7 Å². The second-order valence-electron chi connectivity index (χ2n) is 4.11. The Hall–Kier alpha value is -0.880. The molecule has 0 saturated carbocycles. The summed E-state index contributed by atoms with van der Waals surface area (Å²) < 4.78 is 29.2. The third-order valence-corrected chi connectivity index (χ3v) is 4.72. The van der Waals surface area contributed by atoms with Crippen molar-refractivity contribution < 1.29 is 17.9 Å². The lowest BCUT2D eigenvalue weighted by molar-refractivity contribution is -0.144. The minimum atomic E-state index is -3.32. The number of esters is 1. The fourth-order valence-corrected chi connectivity index (χ4v) is 3.52. The Kier molecular flexibility index (Phi) is 5.34. The molecule has 0 aliphatic heterocycles. The van der Waals surface area contributed by atoms with E-state index in [-0.39, 0.29) is 11.5 Å². The molecule has 0 aliphatic rings. The summed E-state index contributed by atoms with van der Waals surface area (Å²) in [5, 5.41) is 0. The average Bonchev–Trinajstić information content (AvgIpc) is 2.30. The van der Waals surface area contributed by atoms with Crippen LogP contribution in [0.3, 0.4) is 0 Å². The quantitative estimate of drug-likeness (QED) is 0.774.